The van der Waals surface area contributed by atoms with Gasteiger partial charge in [-0.15, -0.1) is 0 Å². The highest BCUT2D eigenvalue weighted by Crippen LogP contribution is 2.30. The van der Waals surface area contributed by atoms with Crippen molar-refractivity contribution < 1.29 is 4.79 Å². The molecule has 1 heterocycles. The first-order valence-electron chi connectivity index (χ1n) is 8.49. The van der Waals surface area contributed by atoms with Crippen molar-refractivity contribution in [2.75, 3.05) is 17.2 Å². The van der Waals surface area contributed by atoms with E-state index in [2.05, 4.69) is 40.0 Å². The molecule has 0 radical (unpaired) electrons. The normalized spacial score (nSPS) is 13.8. The Morgan fingerprint density at radius 1 is 1.04 bits per heavy atom. The minimum Gasteiger partial charge on any atom is -0.385 e. The highest BCUT2D eigenvalue weighted by molar-refractivity contribution is 5.94. The van der Waals surface area contributed by atoms with Crippen molar-refractivity contribution in [2.24, 2.45) is 5.92 Å². The van der Waals surface area contributed by atoms with Crippen LogP contribution in [0.3, 0.4) is 0 Å². The molecule has 0 aliphatic heterocycles. The molecule has 1 amide bonds. The molecule has 2 aromatic carbocycles. The van der Waals surface area contributed by atoms with Crippen LogP contribution in [0.2, 0.25) is 0 Å². The number of nitrogens with one attached hydrogen (secondary N) is 3. The molecule has 4 heteroatoms. The van der Waals surface area contributed by atoms with Gasteiger partial charge in [-0.1, -0.05) is 18.2 Å². The number of hydrogen-bond acceptors (Lipinski definition) is 2. The van der Waals surface area contributed by atoms with Crippen LogP contribution in [0.25, 0.3) is 10.9 Å². The molecular formula is C20H21N3O. The van der Waals surface area contributed by atoms with Crippen molar-refractivity contribution >= 4 is 28.2 Å². The van der Waals surface area contributed by atoms with Gasteiger partial charge in [0.25, 0.3) is 0 Å². The van der Waals surface area contributed by atoms with Gasteiger partial charge in [-0.2, -0.15) is 0 Å². The third-order valence-electron chi connectivity index (χ3n) is 4.50. The molecule has 0 atom stereocenters. The molecule has 1 saturated carbocycles. The molecule has 1 fully saturated rings. The van der Waals surface area contributed by atoms with Gasteiger partial charge < -0.3 is 15.6 Å². The van der Waals surface area contributed by atoms with Gasteiger partial charge in [0.05, 0.1) is 0 Å². The number of anilines is 2. The summed E-state index contributed by atoms with van der Waals surface area (Å²) in [7, 11) is 0. The number of aromatic nitrogens is 1. The fourth-order valence-electron chi connectivity index (χ4n) is 2.94. The lowest BCUT2D eigenvalue weighted by Crippen LogP contribution is -2.13. The van der Waals surface area contributed by atoms with Crippen molar-refractivity contribution in [3.8, 4) is 0 Å². The van der Waals surface area contributed by atoms with Gasteiger partial charge in [0, 0.05) is 40.9 Å². The van der Waals surface area contributed by atoms with E-state index in [1.54, 1.807) is 0 Å². The van der Waals surface area contributed by atoms with Gasteiger partial charge >= 0.3 is 0 Å². The average molecular weight is 319 g/mol. The van der Waals surface area contributed by atoms with Crippen LogP contribution in [0.15, 0.2) is 54.7 Å². The zero-order valence-corrected chi connectivity index (χ0v) is 13.5. The number of fused-ring (bicyclic) bond motifs is 1. The van der Waals surface area contributed by atoms with Crippen LogP contribution < -0.4 is 10.6 Å². The molecule has 4 rings (SSSR count). The van der Waals surface area contributed by atoms with Crippen molar-refractivity contribution in [2.45, 2.75) is 19.3 Å². The van der Waals surface area contributed by atoms with E-state index in [9.17, 15) is 4.79 Å². The minimum atomic E-state index is 0.148. The number of H-pyrrole nitrogens is 1. The van der Waals surface area contributed by atoms with Crippen LogP contribution in [-0.4, -0.2) is 17.4 Å². The second-order valence-electron chi connectivity index (χ2n) is 6.38. The lowest BCUT2D eigenvalue weighted by Gasteiger charge is -2.08. The summed E-state index contributed by atoms with van der Waals surface area (Å²) in [5.74, 6) is 0.383. The zero-order chi connectivity index (χ0) is 16.4. The van der Waals surface area contributed by atoms with Gasteiger partial charge in [-0.05, 0) is 55.2 Å². The molecule has 1 aromatic heterocycles. The van der Waals surface area contributed by atoms with Crippen LogP contribution in [0.4, 0.5) is 11.4 Å². The molecule has 24 heavy (non-hydrogen) atoms. The zero-order valence-electron chi connectivity index (χ0n) is 13.5. The maximum atomic E-state index is 11.7. The molecule has 122 valence electrons. The Labute approximate surface area is 141 Å². The molecule has 0 bridgehead atoms. The summed E-state index contributed by atoms with van der Waals surface area (Å²) >= 11 is 0. The predicted octanol–water partition coefficient (Wildman–Crippen LogP) is 4.17. The van der Waals surface area contributed by atoms with Gasteiger partial charge in [-0.25, -0.2) is 0 Å². The van der Waals surface area contributed by atoms with Gasteiger partial charge in [0.15, 0.2) is 0 Å². The van der Waals surface area contributed by atoms with Crippen LogP contribution in [0.5, 0.6) is 0 Å². The van der Waals surface area contributed by atoms with E-state index < -0.39 is 0 Å². The molecule has 3 aromatic rings. The number of amides is 1. The average Bonchev–Trinajstić information content (AvgIpc) is 3.39. The summed E-state index contributed by atoms with van der Waals surface area (Å²) in [6.07, 6.45) is 5.10. The van der Waals surface area contributed by atoms with Crippen LogP contribution >= 0.6 is 0 Å². The van der Waals surface area contributed by atoms with Crippen molar-refractivity contribution in [3.05, 3.63) is 60.3 Å². The monoisotopic (exact) mass is 319 g/mol. The Morgan fingerprint density at radius 2 is 1.79 bits per heavy atom. The molecule has 0 saturated heterocycles. The lowest BCUT2D eigenvalue weighted by molar-refractivity contribution is -0.117. The fourth-order valence-corrected chi connectivity index (χ4v) is 2.94. The number of aromatic amines is 1. The number of carbonyl (C=O) groups is 1. The summed E-state index contributed by atoms with van der Waals surface area (Å²) in [5.41, 5.74) is 4.45. The number of carbonyl (C=O) groups excluding carboxylic acids is 1. The van der Waals surface area contributed by atoms with E-state index in [-0.39, 0.29) is 11.8 Å². The Hall–Kier alpha value is -2.75. The molecule has 1 aliphatic carbocycles. The standard InChI is InChI=1S/C20H21N3O/c24-20(14-5-6-14)23-17-9-7-16(8-10-17)21-12-11-15-13-22-19-4-2-1-3-18(15)19/h1-4,7-10,13-14,21-22H,5-6,11-12H2,(H,23,24). The second kappa shape index (κ2) is 6.40. The number of benzene rings is 2. The fraction of sp³-hybridized carbons (Fsp3) is 0.250. The van der Waals surface area contributed by atoms with E-state index in [4.69, 9.17) is 0 Å². The van der Waals surface area contributed by atoms with E-state index in [0.717, 1.165) is 37.2 Å². The Balaban J connectivity index is 1.31. The number of para-hydroxylation sites is 1. The summed E-state index contributed by atoms with van der Waals surface area (Å²) < 4.78 is 0. The number of hydrogen-bond donors (Lipinski definition) is 3. The van der Waals surface area contributed by atoms with Crippen LogP contribution in [0.1, 0.15) is 18.4 Å². The van der Waals surface area contributed by atoms with Gasteiger partial charge in [-0.3, -0.25) is 4.79 Å². The smallest absolute Gasteiger partial charge is 0.227 e. The molecule has 0 unspecified atom stereocenters. The SMILES string of the molecule is O=C(Nc1ccc(NCCc2c[nH]c3ccccc23)cc1)C1CC1. The summed E-state index contributed by atoms with van der Waals surface area (Å²) in [5, 5.41) is 7.68. The van der Waals surface area contributed by atoms with Crippen molar-refractivity contribution in [1.82, 2.24) is 4.98 Å². The molecule has 3 N–H and O–H groups in total. The summed E-state index contributed by atoms with van der Waals surface area (Å²) in [6.45, 7) is 0.871. The first-order chi connectivity index (χ1) is 11.8. The van der Waals surface area contributed by atoms with Gasteiger partial charge in [0.2, 0.25) is 5.91 Å². The Bertz CT molecular complexity index is 847. The third-order valence-corrected chi connectivity index (χ3v) is 4.50. The van der Waals surface area contributed by atoms with Crippen molar-refractivity contribution in [1.29, 1.82) is 0 Å². The van der Waals surface area contributed by atoms with E-state index in [1.807, 2.05) is 30.3 Å². The Morgan fingerprint density at radius 3 is 2.58 bits per heavy atom. The topological polar surface area (TPSA) is 56.9 Å². The van der Waals surface area contributed by atoms with E-state index in [1.165, 1.54) is 16.5 Å². The number of rotatable bonds is 6. The third kappa shape index (κ3) is 3.27. The largest absolute Gasteiger partial charge is 0.385 e. The Kier molecular flexibility index (Phi) is 3.95. The lowest BCUT2D eigenvalue weighted by atomic mass is 10.1. The van der Waals surface area contributed by atoms with Crippen molar-refractivity contribution in [3.63, 3.8) is 0 Å². The van der Waals surface area contributed by atoms with E-state index >= 15 is 0 Å². The second-order valence-corrected chi connectivity index (χ2v) is 6.38. The summed E-state index contributed by atoms with van der Waals surface area (Å²) in [6, 6.07) is 16.3. The first kappa shape index (κ1) is 14.8. The van der Waals surface area contributed by atoms with Gasteiger partial charge in [0.1, 0.15) is 0 Å². The maximum absolute atomic E-state index is 11.7. The molecule has 4 nitrogen and oxygen atoms in total. The first-order valence-corrected chi connectivity index (χ1v) is 8.49. The maximum Gasteiger partial charge on any atom is 0.227 e. The van der Waals surface area contributed by atoms with E-state index in [0.29, 0.717) is 0 Å². The van der Waals surface area contributed by atoms with Crippen LogP contribution in [0, 0.1) is 5.92 Å². The minimum absolute atomic E-state index is 0.148. The highest BCUT2D eigenvalue weighted by Gasteiger charge is 2.29. The molecule has 1 aliphatic rings. The highest BCUT2D eigenvalue weighted by atomic mass is 16.2. The quantitative estimate of drug-likeness (QED) is 0.638. The molecule has 0 spiro atoms. The summed E-state index contributed by atoms with van der Waals surface area (Å²) in [4.78, 5) is 15.0. The molecular weight excluding hydrogens is 298 g/mol. The predicted molar refractivity (Wildman–Crippen MR) is 98.3 cm³/mol. The van der Waals surface area contributed by atoms with Crippen LogP contribution in [-0.2, 0) is 11.2 Å².